The van der Waals surface area contributed by atoms with Gasteiger partial charge >= 0.3 is 0 Å². The molecule has 2 atom stereocenters. The predicted octanol–water partition coefficient (Wildman–Crippen LogP) is 4.59. The summed E-state index contributed by atoms with van der Waals surface area (Å²) >= 11 is 0. The first-order valence-corrected chi connectivity index (χ1v) is 14.4. The minimum absolute atomic E-state index is 0.0192. The summed E-state index contributed by atoms with van der Waals surface area (Å²) in [5.41, 5.74) is 11.1. The van der Waals surface area contributed by atoms with E-state index in [4.69, 9.17) is 15.5 Å². The fraction of sp³-hybridized carbons (Fsp3) is 0.364. The topological polar surface area (TPSA) is 102 Å². The molecule has 2 heterocycles. The first-order valence-electron chi connectivity index (χ1n) is 14.4. The average molecular weight is 554 g/mol. The fourth-order valence-corrected chi connectivity index (χ4v) is 5.62. The van der Waals surface area contributed by atoms with Crippen LogP contribution in [0.5, 0.6) is 0 Å². The number of para-hydroxylation sites is 2. The molecule has 0 spiro atoms. The summed E-state index contributed by atoms with van der Waals surface area (Å²) < 4.78 is 7.57. The number of imidazole rings is 1. The van der Waals surface area contributed by atoms with Gasteiger partial charge in [0.1, 0.15) is 5.82 Å². The third kappa shape index (κ3) is 7.01. The van der Waals surface area contributed by atoms with Gasteiger partial charge in [-0.15, -0.1) is 0 Å². The Morgan fingerprint density at radius 2 is 1.76 bits per heavy atom. The summed E-state index contributed by atoms with van der Waals surface area (Å²) in [6, 6.07) is 25.3. The van der Waals surface area contributed by atoms with Crippen LogP contribution in [0, 0.1) is 0 Å². The largest absolute Gasteiger partial charge is 0.385 e. The van der Waals surface area contributed by atoms with Gasteiger partial charge in [0.15, 0.2) is 0 Å². The number of carbonyl (C=O) groups is 2. The summed E-state index contributed by atoms with van der Waals surface area (Å²) in [5.74, 6) is 1.02. The standard InChI is InChI=1S/C33H39N5O3/c1-41-20-8-19-38-30-13-6-5-12-29(30)36-32(38)27-11-7-18-37(23-27)31(39)21-28(34)22-35-33(40)26-16-14-25(15-17-26)24-9-3-2-4-10-24/h2-6,9-10,12-17,27-28H,7-8,11,18-23,34H2,1H3,(H,35,40). The number of carbonyl (C=O) groups excluding carboxylic acids is 2. The molecular formula is C33H39N5O3. The quantitative estimate of drug-likeness (QED) is 0.265. The highest BCUT2D eigenvalue weighted by atomic mass is 16.5. The van der Waals surface area contributed by atoms with Gasteiger partial charge in [-0.1, -0.05) is 54.6 Å². The number of aromatic nitrogens is 2. The molecule has 1 aliphatic heterocycles. The minimum Gasteiger partial charge on any atom is -0.385 e. The summed E-state index contributed by atoms with van der Waals surface area (Å²) in [6.45, 7) is 3.09. The van der Waals surface area contributed by atoms with E-state index in [0.29, 0.717) is 25.3 Å². The van der Waals surface area contributed by atoms with Crippen molar-refractivity contribution in [3.63, 3.8) is 0 Å². The molecule has 0 aliphatic carbocycles. The van der Waals surface area contributed by atoms with E-state index in [1.54, 1.807) is 7.11 Å². The Hall–Kier alpha value is -4.01. The molecule has 2 amide bonds. The van der Waals surface area contributed by atoms with Gasteiger partial charge in [-0.25, -0.2) is 4.98 Å². The highest BCUT2D eigenvalue weighted by Crippen LogP contribution is 2.30. The van der Waals surface area contributed by atoms with Crippen LogP contribution in [0.3, 0.4) is 0 Å². The normalized spacial score (nSPS) is 16.0. The van der Waals surface area contributed by atoms with Crippen LogP contribution in [0.4, 0.5) is 0 Å². The van der Waals surface area contributed by atoms with Crippen molar-refractivity contribution in [3.8, 4) is 11.1 Å². The van der Waals surface area contributed by atoms with E-state index in [1.807, 2.05) is 77.7 Å². The number of nitrogens with two attached hydrogens (primary N) is 1. The van der Waals surface area contributed by atoms with Crippen molar-refractivity contribution in [1.82, 2.24) is 19.8 Å². The van der Waals surface area contributed by atoms with Crippen LogP contribution in [0.15, 0.2) is 78.9 Å². The summed E-state index contributed by atoms with van der Waals surface area (Å²) in [4.78, 5) is 32.8. The molecule has 1 aromatic heterocycles. The number of piperidine rings is 1. The van der Waals surface area contributed by atoms with Gasteiger partial charge in [-0.05, 0) is 54.7 Å². The number of rotatable bonds is 11. The maximum absolute atomic E-state index is 13.2. The molecule has 2 unspecified atom stereocenters. The third-order valence-electron chi connectivity index (χ3n) is 7.77. The van der Waals surface area contributed by atoms with E-state index < -0.39 is 6.04 Å². The number of nitrogens with zero attached hydrogens (tertiary/aromatic N) is 3. The Kier molecular flexibility index (Phi) is 9.44. The molecule has 3 aromatic carbocycles. The number of likely N-dealkylation sites (tertiary alicyclic amines) is 1. The van der Waals surface area contributed by atoms with E-state index in [-0.39, 0.29) is 30.7 Å². The van der Waals surface area contributed by atoms with Gasteiger partial charge in [0.25, 0.3) is 5.91 Å². The smallest absolute Gasteiger partial charge is 0.251 e. The summed E-state index contributed by atoms with van der Waals surface area (Å²) in [5, 5.41) is 2.89. The van der Waals surface area contributed by atoms with Gasteiger partial charge in [-0.2, -0.15) is 0 Å². The van der Waals surface area contributed by atoms with Crippen molar-refractivity contribution >= 4 is 22.8 Å². The number of benzene rings is 3. The molecule has 41 heavy (non-hydrogen) atoms. The monoisotopic (exact) mass is 553 g/mol. The molecule has 0 saturated carbocycles. The Balaban J connectivity index is 1.15. The summed E-state index contributed by atoms with van der Waals surface area (Å²) in [7, 11) is 1.72. The lowest BCUT2D eigenvalue weighted by Crippen LogP contribution is -2.45. The average Bonchev–Trinajstić information content (AvgIpc) is 3.39. The number of amides is 2. The molecule has 0 bridgehead atoms. The molecular weight excluding hydrogens is 514 g/mol. The van der Waals surface area contributed by atoms with Gasteiger partial charge in [0.2, 0.25) is 5.91 Å². The maximum atomic E-state index is 13.2. The Labute approximate surface area is 241 Å². The molecule has 1 aliphatic rings. The number of hydrogen-bond donors (Lipinski definition) is 2. The van der Waals surface area contributed by atoms with Crippen LogP contribution in [-0.2, 0) is 16.1 Å². The number of aryl methyl sites for hydroxylation is 1. The van der Waals surface area contributed by atoms with Crippen LogP contribution in [-0.4, -0.2) is 65.7 Å². The predicted molar refractivity (Wildman–Crippen MR) is 162 cm³/mol. The molecule has 3 N–H and O–H groups in total. The first kappa shape index (κ1) is 28.5. The first-order chi connectivity index (χ1) is 20.0. The molecule has 4 aromatic rings. The van der Waals surface area contributed by atoms with Gasteiger partial charge < -0.3 is 25.3 Å². The second kappa shape index (κ2) is 13.6. The number of methoxy groups -OCH3 is 1. The zero-order valence-corrected chi connectivity index (χ0v) is 23.7. The van der Waals surface area contributed by atoms with Crippen LogP contribution >= 0.6 is 0 Å². The zero-order valence-electron chi connectivity index (χ0n) is 23.7. The van der Waals surface area contributed by atoms with Crippen molar-refractivity contribution in [2.75, 3.05) is 33.4 Å². The van der Waals surface area contributed by atoms with Crippen LogP contribution in [0.2, 0.25) is 0 Å². The third-order valence-corrected chi connectivity index (χ3v) is 7.77. The lowest BCUT2D eigenvalue weighted by Gasteiger charge is -2.33. The number of hydrogen-bond acceptors (Lipinski definition) is 5. The van der Waals surface area contributed by atoms with E-state index in [2.05, 4.69) is 16.0 Å². The van der Waals surface area contributed by atoms with Crippen LogP contribution in [0.1, 0.15) is 47.8 Å². The second-order valence-corrected chi connectivity index (χ2v) is 10.8. The van der Waals surface area contributed by atoms with E-state index in [0.717, 1.165) is 53.8 Å². The SMILES string of the molecule is COCCCn1c(C2CCCN(C(=O)CC(N)CNC(=O)c3ccc(-c4ccccc4)cc3)C2)nc2ccccc21. The molecule has 0 radical (unpaired) electrons. The van der Waals surface area contributed by atoms with Crippen molar-refractivity contribution in [2.24, 2.45) is 5.73 Å². The van der Waals surface area contributed by atoms with E-state index >= 15 is 0 Å². The molecule has 1 fully saturated rings. The maximum Gasteiger partial charge on any atom is 0.251 e. The minimum atomic E-state index is -0.464. The lowest BCUT2D eigenvalue weighted by atomic mass is 9.96. The number of fused-ring (bicyclic) bond motifs is 1. The Bertz CT molecular complexity index is 1450. The highest BCUT2D eigenvalue weighted by Gasteiger charge is 2.29. The lowest BCUT2D eigenvalue weighted by molar-refractivity contribution is -0.132. The number of nitrogens with one attached hydrogen (secondary N) is 1. The van der Waals surface area contributed by atoms with Crippen molar-refractivity contribution in [1.29, 1.82) is 0 Å². The van der Waals surface area contributed by atoms with Crippen LogP contribution < -0.4 is 11.1 Å². The van der Waals surface area contributed by atoms with Crippen molar-refractivity contribution < 1.29 is 14.3 Å². The summed E-state index contributed by atoms with van der Waals surface area (Å²) in [6.07, 6.45) is 2.99. The van der Waals surface area contributed by atoms with Gasteiger partial charge in [0, 0.05) is 63.8 Å². The van der Waals surface area contributed by atoms with Crippen LogP contribution in [0.25, 0.3) is 22.2 Å². The Morgan fingerprint density at radius 3 is 2.54 bits per heavy atom. The van der Waals surface area contributed by atoms with E-state index in [9.17, 15) is 9.59 Å². The molecule has 1 saturated heterocycles. The zero-order chi connectivity index (χ0) is 28.6. The van der Waals surface area contributed by atoms with E-state index in [1.165, 1.54) is 0 Å². The fourth-order valence-electron chi connectivity index (χ4n) is 5.62. The molecule has 214 valence electrons. The molecule has 5 rings (SSSR count). The van der Waals surface area contributed by atoms with Gasteiger partial charge in [-0.3, -0.25) is 9.59 Å². The number of ether oxygens (including phenoxy) is 1. The molecule has 8 nitrogen and oxygen atoms in total. The van der Waals surface area contributed by atoms with Crippen molar-refractivity contribution in [3.05, 3.63) is 90.3 Å². The van der Waals surface area contributed by atoms with Crippen molar-refractivity contribution in [2.45, 2.75) is 44.2 Å². The highest BCUT2D eigenvalue weighted by molar-refractivity contribution is 5.94. The second-order valence-electron chi connectivity index (χ2n) is 10.8. The van der Waals surface area contributed by atoms with Gasteiger partial charge in [0.05, 0.1) is 11.0 Å². The Morgan fingerprint density at radius 1 is 1.02 bits per heavy atom. The molecule has 8 heteroatoms.